The molecule has 12 heteroatoms. The molecule has 2 amide bonds. The lowest BCUT2D eigenvalue weighted by Gasteiger charge is -2.12. The minimum atomic E-state index is -3.94. The highest BCUT2D eigenvalue weighted by Crippen LogP contribution is 2.26. The maximum atomic E-state index is 12.7. The summed E-state index contributed by atoms with van der Waals surface area (Å²) in [7, 11) is -2.51. The van der Waals surface area contributed by atoms with Crippen LogP contribution in [0.25, 0.3) is 11.0 Å². The van der Waals surface area contributed by atoms with Gasteiger partial charge in [-0.25, -0.2) is 13.2 Å². The first-order valence-corrected chi connectivity index (χ1v) is 12.7. The summed E-state index contributed by atoms with van der Waals surface area (Å²) in [6.07, 6.45) is 0. The summed E-state index contributed by atoms with van der Waals surface area (Å²) in [5.74, 6) is -0.660. The Morgan fingerprint density at radius 1 is 0.947 bits per heavy atom. The van der Waals surface area contributed by atoms with Crippen LogP contribution in [0.5, 0.6) is 11.5 Å². The summed E-state index contributed by atoms with van der Waals surface area (Å²) < 4.78 is 43.5. The van der Waals surface area contributed by atoms with Gasteiger partial charge in [-0.3, -0.25) is 25.2 Å². The van der Waals surface area contributed by atoms with E-state index in [0.29, 0.717) is 17.1 Å². The third kappa shape index (κ3) is 6.10. The minimum absolute atomic E-state index is 0.0706. The summed E-state index contributed by atoms with van der Waals surface area (Å²) in [6, 6.07) is 17.9. The number of para-hydroxylation sites is 2. The van der Waals surface area contributed by atoms with Crippen LogP contribution in [0.15, 0.2) is 86.9 Å². The molecule has 0 spiro atoms. The lowest BCUT2D eigenvalue weighted by molar-refractivity contribution is -0.123. The van der Waals surface area contributed by atoms with E-state index >= 15 is 0 Å². The lowest BCUT2D eigenvalue weighted by Crippen LogP contribution is -2.43. The standard InChI is InChI=1S/C26H23N3O8S/c1-16-13-25(31)37-23-14-18(9-12-20(16)23)36-15-24(30)27-28-26(32)17-7-10-19(11-8-17)38(33,34)29-21-5-3-4-6-22(21)35-2/h3-14,29H,15H2,1-2H3,(H,27,30)(H,28,32). The van der Waals surface area contributed by atoms with Crippen LogP contribution in [-0.2, 0) is 14.8 Å². The molecule has 1 aromatic heterocycles. The van der Waals surface area contributed by atoms with Gasteiger partial charge in [-0.2, -0.15) is 0 Å². The second-order valence-electron chi connectivity index (χ2n) is 8.03. The Hall–Kier alpha value is -4.84. The molecular formula is C26H23N3O8S. The quantitative estimate of drug-likeness (QED) is 0.229. The van der Waals surface area contributed by atoms with E-state index in [1.54, 1.807) is 43.3 Å². The maximum Gasteiger partial charge on any atom is 0.336 e. The number of benzene rings is 3. The smallest absolute Gasteiger partial charge is 0.336 e. The van der Waals surface area contributed by atoms with Crippen molar-refractivity contribution in [3.63, 3.8) is 0 Å². The fraction of sp³-hybridized carbons (Fsp3) is 0.115. The first kappa shape index (κ1) is 26.2. The molecule has 3 N–H and O–H groups in total. The lowest BCUT2D eigenvalue weighted by atomic mass is 10.1. The average molecular weight is 538 g/mol. The molecule has 0 aliphatic heterocycles. The van der Waals surface area contributed by atoms with Crippen molar-refractivity contribution < 1.29 is 31.9 Å². The van der Waals surface area contributed by atoms with E-state index in [9.17, 15) is 22.8 Å². The molecule has 11 nitrogen and oxygen atoms in total. The molecule has 0 saturated heterocycles. The number of carbonyl (C=O) groups excluding carboxylic acids is 2. The molecule has 0 unspecified atom stereocenters. The fourth-order valence-electron chi connectivity index (χ4n) is 3.50. The number of hydrogen-bond acceptors (Lipinski definition) is 8. The van der Waals surface area contributed by atoms with Gasteiger partial charge in [-0.05, 0) is 61.0 Å². The zero-order valence-electron chi connectivity index (χ0n) is 20.3. The molecule has 0 atom stereocenters. The molecule has 3 aromatic carbocycles. The Balaban J connectivity index is 1.31. The number of ether oxygens (including phenoxy) is 2. The van der Waals surface area contributed by atoms with Crippen LogP contribution in [0.2, 0.25) is 0 Å². The number of hydrazine groups is 1. The molecule has 0 aliphatic carbocycles. The normalized spacial score (nSPS) is 11.0. The number of anilines is 1. The van der Waals surface area contributed by atoms with Gasteiger partial charge in [0.15, 0.2) is 6.61 Å². The second kappa shape index (κ2) is 11.0. The van der Waals surface area contributed by atoms with E-state index in [1.807, 2.05) is 0 Å². The van der Waals surface area contributed by atoms with E-state index in [0.717, 1.165) is 10.9 Å². The van der Waals surface area contributed by atoms with Crippen LogP contribution < -0.4 is 30.7 Å². The van der Waals surface area contributed by atoms with Crippen molar-refractivity contribution in [1.82, 2.24) is 10.9 Å². The van der Waals surface area contributed by atoms with Crippen LogP contribution >= 0.6 is 0 Å². The Labute approximate surface area is 217 Å². The fourth-order valence-corrected chi connectivity index (χ4v) is 4.57. The maximum absolute atomic E-state index is 12.7. The molecule has 1 heterocycles. The SMILES string of the molecule is COc1ccccc1NS(=O)(=O)c1ccc(C(=O)NNC(=O)COc2ccc3c(C)cc(=O)oc3c2)cc1. The van der Waals surface area contributed by atoms with E-state index in [4.69, 9.17) is 13.9 Å². The number of amides is 2. The number of fused-ring (bicyclic) bond motifs is 1. The molecule has 4 rings (SSSR count). The molecule has 0 saturated carbocycles. The van der Waals surface area contributed by atoms with Crippen molar-refractivity contribution in [3.05, 3.63) is 94.3 Å². The molecule has 196 valence electrons. The third-order valence-corrected chi connectivity index (χ3v) is 6.77. The molecule has 4 aromatic rings. The van der Waals surface area contributed by atoms with Crippen molar-refractivity contribution in [2.45, 2.75) is 11.8 Å². The van der Waals surface area contributed by atoms with Crippen LogP contribution in [0.3, 0.4) is 0 Å². The Morgan fingerprint density at radius 3 is 2.42 bits per heavy atom. The van der Waals surface area contributed by atoms with Gasteiger partial charge in [-0.1, -0.05) is 12.1 Å². The van der Waals surface area contributed by atoms with Gasteiger partial charge in [0.25, 0.3) is 21.8 Å². The molecule has 0 fully saturated rings. The number of rotatable bonds is 8. The van der Waals surface area contributed by atoms with Crippen molar-refractivity contribution in [2.75, 3.05) is 18.4 Å². The molecular weight excluding hydrogens is 514 g/mol. The van der Waals surface area contributed by atoms with Crippen molar-refractivity contribution in [2.24, 2.45) is 0 Å². The monoisotopic (exact) mass is 537 g/mol. The summed E-state index contributed by atoms with van der Waals surface area (Å²) in [4.78, 5) is 36.0. The Kier molecular flexibility index (Phi) is 7.63. The molecule has 0 radical (unpaired) electrons. The van der Waals surface area contributed by atoms with Crippen LogP contribution in [0.1, 0.15) is 15.9 Å². The highest BCUT2D eigenvalue weighted by atomic mass is 32.2. The van der Waals surface area contributed by atoms with Crippen LogP contribution in [0, 0.1) is 6.92 Å². The predicted octanol–water partition coefficient (Wildman–Crippen LogP) is 2.75. The second-order valence-corrected chi connectivity index (χ2v) is 9.71. The van der Waals surface area contributed by atoms with Gasteiger partial charge in [0.05, 0.1) is 17.7 Å². The van der Waals surface area contributed by atoms with Gasteiger partial charge in [-0.15, -0.1) is 0 Å². The molecule has 0 aliphatic rings. The summed E-state index contributed by atoms with van der Waals surface area (Å²) in [6.45, 7) is 1.36. The number of methoxy groups -OCH3 is 1. The first-order chi connectivity index (χ1) is 18.2. The first-order valence-electron chi connectivity index (χ1n) is 11.2. The van der Waals surface area contributed by atoms with Gasteiger partial charge >= 0.3 is 5.63 Å². The highest BCUT2D eigenvalue weighted by molar-refractivity contribution is 7.92. The zero-order valence-corrected chi connectivity index (χ0v) is 21.1. The zero-order chi connectivity index (χ0) is 27.3. The summed E-state index contributed by atoms with van der Waals surface area (Å²) in [5, 5.41) is 0.739. The van der Waals surface area contributed by atoms with Gasteiger partial charge in [0, 0.05) is 23.1 Å². The van der Waals surface area contributed by atoms with Crippen LogP contribution in [-0.4, -0.2) is 33.9 Å². The van der Waals surface area contributed by atoms with E-state index < -0.39 is 34.1 Å². The van der Waals surface area contributed by atoms with E-state index in [1.165, 1.54) is 43.5 Å². The minimum Gasteiger partial charge on any atom is -0.495 e. The van der Waals surface area contributed by atoms with Crippen LogP contribution in [0.4, 0.5) is 5.69 Å². The molecule has 38 heavy (non-hydrogen) atoms. The topological polar surface area (TPSA) is 153 Å². The average Bonchev–Trinajstić information content (AvgIpc) is 2.90. The predicted molar refractivity (Wildman–Crippen MR) is 139 cm³/mol. The largest absolute Gasteiger partial charge is 0.495 e. The Bertz CT molecular complexity index is 1660. The van der Waals surface area contributed by atoms with Crippen molar-refractivity contribution >= 4 is 38.5 Å². The van der Waals surface area contributed by atoms with Gasteiger partial charge in [0.1, 0.15) is 17.1 Å². The summed E-state index contributed by atoms with van der Waals surface area (Å²) >= 11 is 0. The third-order valence-electron chi connectivity index (χ3n) is 5.39. The number of sulfonamides is 1. The highest BCUT2D eigenvalue weighted by Gasteiger charge is 2.17. The van der Waals surface area contributed by atoms with Crippen molar-refractivity contribution in [1.29, 1.82) is 0 Å². The molecule has 0 bridgehead atoms. The number of carbonyl (C=O) groups is 2. The van der Waals surface area contributed by atoms with Crippen molar-refractivity contribution in [3.8, 4) is 11.5 Å². The van der Waals surface area contributed by atoms with E-state index in [2.05, 4.69) is 15.6 Å². The number of aryl methyl sites for hydroxylation is 1. The van der Waals surface area contributed by atoms with Gasteiger partial charge in [0.2, 0.25) is 0 Å². The Morgan fingerprint density at radius 2 is 1.68 bits per heavy atom. The number of hydrogen-bond donors (Lipinski definition) is 3. The number of nitrogens with one attached hydrogen (secondary N) is 3. The van der Waals surface area contributed by atoms with E-state index in [-0.39, 0.29) is 16.1 Å². The summed E-state index contributed by atoms with van der Waals surface area (Å²) in [5.41, 5.74) is 5.41. The van der Waals surface area contributed by atoms with Gasteiger partial charge < -0.3 is 13.9 Å².